The Balaban J connectivity index is 2.20. The van der Waals surface area contributed by atoms with E-state index in [-0.39, 0.29) is 0 Å². The van der Waals surface area contributed by atoms with Crippen molar-refractivity contribution in [1.29, 1.82) is 0 Å². The Kier molecular flexibility index (Phi) is 5.81. The lowest BCUT2D eigenvalue weighted by molar-refractivity contribution is 0.599. The third-order valence-electron chi connectivity index (χ3n) is 3.68. The van der Waals surface area contributed by atoms with Crippen LogP contribution in [0.25, 0.3) is 0 Å². The molecule has 0 saturated carbocycles. The molecule has 4 nitrogen and oxygen atoms in total. The van der Waals surface area contributed by atoms with Gasteiger partial charge in [-0.2, -0.15) is 5.10 Å². The van der Waals surface area contributed by atoms with Crippen LogP contribution in [-0.4, -0.2) is 22.9 Å². The van der Waals surface area contributed by atoms with E-state index >= 15 is 0 Å². The van der Waals surface area contributed by atoms with Crippen molar-refractivity contribution in [1.82, 2.24) is 9.78 Å². The molecule has 2 rings (SSSR count). The summed E-state index contributed by atoms with van der Waals surface area (Å²) in [6.45, 7) is 7.77. The van der Waals surface area contributed by atoms with Gasteiger partial charge >= 0.3 is 0 Å². The first kappa shape index (κ1) is 15.6. The molecular weight excluding hydrogens is 260 g/mol. The van der Waals surface area contributed by atoms with Crippen molar-refractivity contribution in [3.05, 3.63) is 47.8 Å². The Hall–Kier alpha value is -1.81. The highest BCUT2D eigenvalue weighted by molar-refractivity contribution is 5.46. The highest BCUT2D eigenvalue weighted by Crippen LogP contribution is 2.18. The summed E-state index contributed by atoms with van der Waals surface area (Å²) in [6, 6.07) is 12.8. The largest absolute Gasteiger partial charge is 0.366 e. The Bertz CT molecular complexity index is 533. The maximum Gasteiger partial charge on any atom is 0.0625 e. The summed E-state index contributed by atoms with van der Waals surface area (Å²) in [4.78, 5) is 2.38. The average Bonchev–Trinajstić information content (AvgIpc) is 2.94. The molecule has 4 heteroatoms. The predicted molar refractivity (Wildman–Crippen MR) is 88.4 cm³/mol. The molecule has 114 valence electrons. The summed E-state index contributed by atoms with van der Waals surface area (Å²) >= 11 is 0. The standard InChI is InChI=1S/C17H26N4/c1-3-15-13-17(21(4-2)19-15)14-20(12-8-11-18)16-9-6-5-7-10-16/h5-7,9-10,13H,3-4,8,11-12,14,18H2,1-2H3. The van der Waals surface area contributed by atoms with Gasteiger partial charge in [0.15, 0.2) is 0 Å². The predicted octanol–water partition coefficient (Wildman–Crippen LogP) is 2.82. The van der Waals surface area contributed by atoms with Crippen LogP contribution in [0.3, 0.4) is 0 Å². The van der Waals surface area contributed by atoms with Gasteiger partial charge in [0.05, 0.1) is 17.9 Å². The number of aryl methyl sites for hydroxylation is 2. The van der Waals surface area contributed by atoms with E-state index in [0.29, 0.717) is 0 Å². The molecule has 0 amide bonds. The van der Waals surface area contributed by atoms with E-state index in [1.54, 1.807) is 0 Å². The molecule has 2 N–H and O–H groups in total. The Morgan fingerprint density at radius 2 is 1.95 bits per heavy atom. The summed E-state index contributed by atoms with van der Waals surface area (Å²) in [5.74, 6) is 0. The monoisotopic (exact) mass is 286 g/mol. The van der Waals surface area contributed by atoms with Gasteiger partial charge in [0, 0.05) is 18.8 Å². The van der Waals surface area contributed by atoms with Crippen LogP contribution in [0.1, 0.15) is 31.7 Å². The van der Waals surface area contributed by atoms with Gasteiger partial charge in [-0.15, -0.1) is 0 Å². The Morgan fingerprint density at radius 3 is 2.57 bits per heavy atom. The van der Waals surface area contributed by atoms with E-state index in [4.69, 9.17) is 5.73 Å². The molecule has 21 heavy (non-hydrogen) atoms. The van der Waals surface area contributed by atoms with Crippen LogP contribution in [0.15, 0.2) is 36.4 Å². The number of nitrogens with zero attached hydrogens (tertiary/aromatic N) is 3. The van der Waals surface area contributed by atoms with Gasteiger partial charge in [-0.1, -0.05) is 25.1 Å². The van der Waals surface area contributed by atoms with Crippen molar-refractivity contribution < 1.29 is 0 Å². The van der Waals surface area contributed by atoms with Crippen LogP contribution >= 0.6 is 0 Å². The van der Waals surface area contributed by atoms with Crippen LogP contribution in [0.4, 0.5) is 5.69 Å². The SMILES string of the molecule is CCc1cc(CN(CCCN)c2ccccc2)n(CC)n1. The quantitative estimate of drug-likeness (QED) is 0.811. The Labute approximate surface area is 127 Å². The molecule has 0 unspecified atom stereocenters. The van der Waals surface area contributed by atoms with E-state index in [1.165, 1.54) is 17.1 Å². The zero-order valence-corrected chi connectivity index (χ0v) is 13.1. The van der Waals surface area contributed by atoms with Crippen molar-refractivity contribution in [3.63, 3.8) is 0 Å². The number of para-hydroxylation sites is 1. The third kappa shape index (κ3) is 4.08. The summed E-state index contributed by atoms with van der Waals surface area (Å²) in [5, 5.41) is 4.64. The van der Waals surface area contributed by atoms with Gasteiger partial charge in [-0.05, 0) is 44.5 Å². The first-order chi connectivity index (χ1) is 10.3. The van der Waals surface area contributed by atoms with E-state index in [2.05, 4.69) is 64.9 Å². The average molecular weight is 286 g/mol. The molecule has 0 radical (unpaired) electrons. The van der Waals surface area contributed by atoms with Gasteiger partial charge in [0.1, 0.15) is 0 Å². The van der Waals surface area contributed by atoms with Crippen LogP contribution in [0.2, 0.25) is 0 Å². The van der Waals surface area contributed by atoms with Crippen LogP contribution < -0.4 is 10.6 Å². The number of anilines is 1. The highest BCUT2D eigenvalue weighted by Gasteiger charge is 2.11. The molecule has 0 aliphatic heterocycles. The van der Waals surface area contributed by atoms with Gasteiger partial charge in [-0.25, -0.2) is 0 Å². The number of benzene rings is 1. The first-order valence-electron chi connectivity index (χ1n) is 7.84. The number of hydrogen-bond donors (Lipinski definition) is 1. The molecule has 1 heterocycles. The summed E-state index contributed by atoms with van der Waals surface area (Å²) in [5.41, 5.74) is 9.37. The fourth-order valence-corrected chi connectivity index (χ4v) is 2.50. The first-order valence-corrected chi connectivity index (χ1v) is 7.84. The second-order valence-corrected chi connectivity index (χ2v) is 5.20. The van der Waals surface area contributed by atoms with Crippen molar-refractivity contribution in [2.45, 2.75) is 39.8 Å². The minimum Gasteiger partial charge on any atom is -0.366 e. The van der Waals surface area contributed by atoms with Crippen molar-refractivity contribution >= 4 is 5.69 Å². The highest BCUT2D eigenvalue weighted by atomic mass is 15.3. The summed E-state index contributed by atoms with van der Waals surface area (Å²) in [6.07, 6.45) is 1.98. The van der Waals surface area contributed by atoms with E-state index in [1.807, 2.05) is 0 Å². The fraction of sp³-hybridized carbons (Fsp3) is 0.471. The number of aromatic nitrogens is 2. The summed E-state index contributed by atoms with van der Waals surface area (Å²) in [7, 11) is 0. The normalized spacial score (nSPS) is 10.8. The molecule has 0 fully saturated rings. The zero-order valence-electron chi connectivity index (χ0n) is 13.1. The lowest BCUT2D eigenvalue weighted by Gasteiger charge is -2.25. The number of rotatable bonds is 8. The second-order valence-electron chi connectivity index (χ2n) is 5.20. The molecule has 1 aromatic carbocycles. The molecule has 0 bridgehead atoms. The molecule has 0 spiro atoms. The lowest BCUT2D eigenvalue weighted by atomic mass is 10.2. The molecule has 1 aromatic heterocycles. The maximum atomic E-state index is 5.69. The van der Waals surface area contributed by atoms with Crippen molar-refractivity contribution in [2.24, 2.45) is 5.73 Å². The van der Waals surface area contributed by atoms with Crippen LogP contribution in [0, 0.1) is 0 Å². The van der Waals surface area contributed by atoms with Crippen molar-refractivity contribution in [2.75, 3.05) is 18.0 Å². The van der Waals surface area contributed by atoms with Crippen LogP contribution in [-0.2, 0) is 19.5 Å². The second kappa shape index (κ2) is 7.84. The number of nitrogens with two attached hydrogens (primary N) is 1. The molecule has 0 aliphatic carbocycles. The van der Waals surface area contributed by atoms with Gasteiger partial charge in [-0.3, -0.25) is 4.68 Å². The fourth-order valence-electron chi connectivity index (χ4n) is 2.50. The molecular formula is C17H26N4. The smallest absolute Gasteiger partial charge is 0.0625 e. The minimum atomic E-state index is 0.719. The van der Waals surface area contributed by atoms with E-state index in [0.717, 1.165) is 39.0 Å². The van der Waals surface area contributed by atoms with Crippen LogP contribution in [0.5, 0.6) is 0 Å². The molecule has 0 atom stereocenters. The topological polar surface area (TPSA) is 47.1 Å². The maximum absolute atomic E-state index is 5.69. The number of hydrogen-bond acceptors (Lipinski definition) is 3. The van der Waals surface area contributed by atoms with Gasteiger partial charge in [0.2, 0.25) is 0 Å². The lowest BCUT2D eigenvalue weighted by Crippen LogP contribution is -2.27. The minimum absolute atomic E-state index is 0.719. The zero-order chi connectivity index (χ0) is 15.1. The van der Waals surface area contributed by atoms with E-state index in [9.17, 15) is 0 Å². The third-order valence-corrected chi connectivity index (χ3v) is 3.68. The Morgan fingerprint density at radius 1 is 1.19 bits per heavy atom. The van der Waals surface area contributed by atoms with Crippen molar-refractivity contribution in [3.8, 4) is 0 Å². The van der Waals surface area contributed by atoms with Gasteiger partial charge < -0.3 is 10.6 Å². The summed E-state index contributed by atoms with van der Waals surface area (Å²) < 4.78 is 2.11. The molecule has 0 saturated heterocycles. The van der Waals surface area contributed by atoms with E-state index < -0.39 is 0 Å². The molecule has 0 aliphatic rings. The van der Waals surface area contributed by atoms with Gasteiger partial charge in [0.25, 0.3) is 0 Å². The molecule has 2 aromatic rings.